The van der Waals surface area contributed by atoms with Crippen LogP contribution in [0.4, 0.5) is 4.39 Å². The summed E-state index contributed by atoms with van der Waals surface area (Å²) in [5.41, 5.74) is -0.879. The van der Waals surface area contributed by atoms with Gasteiger partial charge in [0.05, 0.1) is 11.7 Å². The van der Waals surface area contributed by atoms with Crippen molar-refractivity contribution in [3.05, 3.63) is 35.1 Å². The second kappa shape index (κ2) is 5.72. The lowest BCUT2D eigenvalue weighted by molar-refractivity contribution is 0.00161. The molecule has 0 bridgehead atoms. The second-order valence-corrected chi connectivity index (χ2v) is 3.53. The quantitative estimate of drug-likeness (QED) is 0.597. The first kappa shape index (κ1) is 13.6. The maximum absolute atomic E-state index is 13.5. The Morgan fingerprint density at radius 1 is 1.35 bits per heavy atom. The van der Waals surface area contributed by atoms with E-state index in [9.17, 15) is 19.4 Å². The normalized spacial score (nSPS) is 14.4. The van der Waals surface area contributed by atoms with Crippen LogP contribution in [0.2, 0.25) is 0 Å². The largest absolute Gasteiger partial charge is 0.478 e. The van der Waals surface area contributed by atoms with Crippen LogP contribution in [0.5, 0.6) is 0 Å². The van der Waals surface area contributed by atoms with Crippen molar-refractivity contribution in [2.45, 2.75) is 18.6 Å². The molecule has 0 amide bonds. The average molecular weight is 244 g/mol. The van der Waals surface area contributed by atoms with E-state index in [1.165, 1.54) is 6.07 Å². The Hall–Kier alpha value is -1.50. The number of carbonyl (C=O) groups is 1. The molecule has 94 valence electrons. The molecule has 2 unspecified atom stereocenters. The average Bonchev–Trinajstić information content (AvgIpc) is 2.28. The number of aliphatic hydroxyl groups excluding tert-OH is 3. The number of carboxylic acid groups (broad SMARTS) is 1. The van der Waals surface area contributed by atoms with E-state index < -0.39 is 41.7 Å². The molecule has 6 heteroatoms. The van der Waals surface area contributed by atoms with Crippen molar-refractivity contribution < 1.29 is 29.6 Å². The van der Waals surface area contributed by atoms with Crippen LogP contribution in [0.1, 0.15) is 28.4 Å². The van der Waals surface area contributed by atoms with Gasteiger partial charge in [0.15, 0.2) is 0 Å². The van der Waals surface area contributed by atoms with Crippen molar-refractivity contribution in [1.82, 2.24) is 0 Å². The Bertz CT molecular complexity index is 407. The van der Waals surface area contributed by atoms with E-state index >= 15 is 0 Å². The molecule has 0 aromatic heterocycles. The number of benzene rings is 1. The maximum atomic E-state index is 13.5. The van der Waals surface area contributed by atoms with Crippen LogP contribution in [0.25, 0.3) is 0 Å². The highest BCUT2D eigenvalue weighted by Gasteiger charge is 2.26. The number of aliphatic hydroxyl groups is 3. The predicted molar refractivity (Wildman–Crippen MR) is 56.0 cm³/mol. The molecular formula is C11H13FO5. The van der Waals surface area contributed by atoms with Gasteiger partial charge in [0.1, 0.15) is 11.9 Å². The zero-order valence-electron chi connectivity index (χ0n) is 8.88. The molecule has 0 aliphatic carbocycles. The molecule has 0 aliphatic rings. The number of hydrogen-bond acceptors (Lipinski definition) is 4. The predicted octanol–water partition coefficient (Wildman–Crippen LogP) is 0.301. The minimum Gasteiger partial charge on any atom is -0.478 e. The summed E-state index contributed by atoms with van der Waals surface area (Å²) in [6.45, 7) is -0.394. The molecule has 0 heterocycles. The first-order valence-corrected chi connectivity index (χ1v) is 4.97. The van der Waals surface area contributed by atoms with Gasteiger partial charge < -0.3 is 20.4 Å². The fourth-order valence-electron chi connectivity index (χ4n) is 1.51. The molecule has 1 rings (SSSR count). The lowest BCUT2D eigenvalue weighted by Gasteiger charge is -2.19. The summed E-state index contributed by atoms with van der Waals surface area (Å²) in [5.74, 6) is -2.30. The molecule has 2 atom stereocenters. The third kappa shape index (κ3) is 3.00. The molecule has 0 spiro atoms. The number of aromatic carboxylic acids is 1. The minimum absolute atomic E-state index is 0.172. The minimum atomic E-state index is -1.69. The van der Waals surface area contributed by atoms with Crippen LogP contribution >= 0.6 is 0 Å². The van der Waals surface area contributed by atoms with Gasteiger partial charge in [0.2, 0.25) is 0 Å². The van der Waals surface area contributed by atoms with E-state index in [1.54, 1.807) is 0 Å². The topological polar surface area (TPSA) is 98.0 Å². The highest BCUT2D eigenvalue weighted by molar-refractivity contribution is 5.89. The van der Waals surface area contributed by atoms with Gasteiger partial charge in [0.25, 0.3) is 0 Å². The summed E-state index contributed by atoms with van der Waals surface area (Å²) in [4.78, 5) is 10.9. The Labute approximate surface area is 96.8 Å². The highest BCUT2D eigenvalue weighted by Crippen LogP contribution is 2.25. The molecule has 0 aliphatic heterocycles. The Kier molecular flexibility index (Phi) is 4.56. The fraction of sp³-hybridized carbons (Fsp3) is 0.364. The number of carboxylic acids is 1. The van der Waals surface area contributed by atoms with Gasteiger partial charge in [-0.3, -0.25) is 0 Å². The van der Waals surface area contributed by atoms with E-state index in [0.717, 1.165) is 12.1 Å². The molecule has 1 aromatic carbocycles. The lowest BCUT2D eigenvalue weighted by Crippen LogP contribution is -2.23. The van der Waals surface area contributed by atoms with Gasteiger partial charge in [-0.2, -0.15) is 0 Å². The van der Waals surface area contributed by atoms with Crippen molar-refractivity contribution >= 4 is 5.97 Å². The van der Waals surface area contributed by atoms with Crippen molar-refractivity contribution in [2.24, 2.45) is 0 Å². The molecular weight excluding hydrogens is 231 g/mol. The number of hydrogen-bond donors (Lipinski definition) is 4. The van der Waals surface area contributed by atoms with Crippen molar-refractivity contribution in [3.63, 3.8) is 0 Å². The van der Waals surface area contributed by atoms with Crippen LogP contribution < -0.4 is 0 Å². The summed E-state index contributed by atoms with van der Waals surface area (Å²) in [6, 6.07) is 3.33. The molecule has 0 radical (unpaired) electrons. The summed E-state index contributed by atoms with van der Waals surface area (Å²) in [5, 5.41) is 36.5. The van der Waals surface area contributed by atoms with Crippen LogP contribution in [0, 0.1) is 5.82 Å². The van der Waals surface area contributed by atoms with Gasteiger partial charge in [-0.1, -0.05) is 6.07 Å². The molecule has 4 N–H and O–H groups in total. The Balaban J connectivity index is 3.15. The van der Waals surface area contributed by atoms with Gasteiger partial charge in [-0.05, 0) is 18.6 Å². The first-order chi connectivity index (χ1) is 7.99. The van der Waals surface area contributed by atoms with E-state index in [-0.39, 0.29) is 6.42 Å². The Morgan fingerprint density at radius 3 is 2.53 bits per heavy atom. The van der Waals surface area contributed by atoms with E-state index in [0.29, 0.717) is 0 Å². The van der Waals surface area contributed by atoms with Crippen LogP contribution in [-0.4, -0.2) is 39.1 Å². The van der Waals surface area contributed by atoms with E-state index in [4.69, 9.17) is 10.2 Å². The van der Waals surface area contributed by atoms with Gasteiger partial charge in [0, 0.05) is 12.2 Å². The monoisotopic (exact) mass is 244 g/mol. The van der Waals surface area contributed by atoms with Gasteiger partial charge in [-0.15, -0.1) is 0 Å². The smallest absolute Gasteiger partial charge is 0.336 e. The van der Waals surface area contributed by atoms with Gasteiger partial charge in [-0.25, -0.2) is 9.18 Å². The van der Waals surface area contributed by atoms with Crippen molar-refractivity contribution in [2.75, 3.05) is 6.61 Å². The fourth-order valence-corrected chi connectivity index (χ4v) is 1.51. The van der Waals surface area contributed by atoms with Gasteiger partial charge >= 0.3 is 5.97 Å². The van der Waals surface area contributed by atoms with E-state index in [1.807, 2.05) is 0 Å². The summed E-state index contributed by atoms with van der Waals surface area (Å²) < 4.78 is 13.5. The third-order valence-corrected chi connectivity index (χ3v) is 2.37. The standard InChI is InChI=1S/C11H13FO5/c12-7-3-1-2-6(11(16)17)9(7)10(15)8(14)4-5-13/h1-3,8,10,13-15H,4-5H2,(H,16,17). The molecule has 17 heavy (non-hydrogen) atoms. The Morgan fingerprint density at radius 2 is 2.00 bits per heavy atom. The second-order valence-electron chi connectivity index (χ2n) is 3.53. The maximum Gasteiger partial charge on any atom is 0.336 e. The number of halogens is 1. The van der Waals surface area contributed by atoms with Crippen LogP contribution in [-0.2, 0) is 0 Å². The highest BCUT2D eigenvalue weighted by atomic mass is 19.1. The van der Waals surface area contributed by atoms with E-state index in [2.05, 4.69) is 0 Å². The molecule has 0 fully saturated rings. The molecule has 1 aromatic rings. The van der Waals surface area contributed by atoms with Crippen LogP contribution in [0.15, 0.2) is 18.2 Å². The molecule has 0 saturated heterocycles. The summed E-state index contributed by atoms with van der Waals surface area (Å²) in [6.07, 6.45) is -3.28. The number of rotatable bonds is 5. The zero-order chi connectivity index (χ0) is 13.0. The van der Waals surface area contributed by atoms with Crippen molar-refractivity contribution in [3.8, 4) is 0 Å². The first-order valence-electron chi connectivity index (χ1n) is 4.97. The summed E-state index contributed by atoms with van der Waals surface area (Å²) in [7, 11) is 0. The zero-order valence-corrected chi connectivity index (χ0v) is 8.88. The summed E-state index contributed by atoms with van der Waals surface area (Å²) >= 11 is 0. The molecule has 5 nitrogen and oxygen atoms in total. The lowest BCUT2D eigenvalue weighted by atomic mass is 9.96. The third-order valence-electron chi connectivity index (χ3n) is 2.37. The van der Waals surface area contributed by atoms with Crippen molar-refractivity contribution in [1.29, 1.82) is 0 Å². The SMILES string of the molecule is O=C(O)c1cccc(F)c1C(O)C(O)CCO. The molecule has 0 saturated carbocycles. The van der Waals surface area contributed by atoms with Crippen LogP contribution in [0.3, 0.4) is 0 Å².